The first-order chi connectivity index (χ1) is 3.30. The molecule has 1 aliphatic rings. The van der Waals surface area contributed by atoms with Gasteiger partial charge in [0.05, 0.1) is 12.6 Å². The van der Waals surface area contributed by atoms with Gasteiger partial charge in [-0.05, 0) is 5.57 Å². The minimum atomic E-state index is 0.0278. The second-order valence-electron chi connectivity index (χ2n) is 1.67. The van der Waals surface area contributed by atoms with Gasteiger partial charge in [0.2, 0.25) is 0 Å². The van der Waals surface area contributed by atoms with Crippen LogP contribution in [-0.4, -0.2) is 18.8 Å². The molecule has 0 aromatic carbocycles. The molecule has 2 heteroatoms. The molecule has 0 aromatic rings. The van der Waals surface area contributed by atoms with Crippen LogP contribution >= 0.6 is 0 Å². The van der Waals surface area contributed by atoms with Crippen molar-refractivity contribution in [1.82, 2.24) is 0 Å². The average molecular weight is 96.1 g/mol. The van der Waals surface area contributed by atoms with Crippen molar-refractivity contribution in [2.45, 2.75) is 6.04 Å². The summed E-state index contributed by atoms with van der Waals surface area (Å²) in [6.07, 6.45) is 1.72. The van der Waals surface area contributed by atoms with E-state index >= 15 is 0 Å². The van der Waals surface area contributed by atoms with Crippen molar-refractivity contribution >= 4 is 6.21 Å². The first-order valence-electron chi connectivity index (χ1n) is 2.24. The second-order valence-corrected chi connectivity index (χ2v) is 1.67. The zero-order valence-corrected chi connectivity index (χ0v) is 4.09. The van der Waals surface area contributed by atoms with Crippen LogP contribution in [0.15, 0.2) is 17.1 Å². The molecular formula is C5H8N2. The van der Waals surface area contributed by atoms with Crippen LogP contribution in [0.2, 0.25) is 0 Å². The molecule has 0 saturated carbocycles. The molecule has 7 heavy (non-hydrogen) atoms. The number of hydrogen-bond donors (Lipinski definition) is 1. The molecule has 2 nitrogen and oxygen atoms in total. The molecule has 1 atom stereocenters. The van der Waals surface area contributed by atoms with Crippen molar-refractivity contribution in [3.63, 3.8) is 0 Å². The minimum absolute atomic E-state index is 0.0278. The Hall–Kier alpha value is -0.630. The van der Waals surface area contributed by atoms with Crippen LogP contribution in [0.1, 0.15) is 0 Å². The Morgan fingerprint density at radius 3 is 2.86 bits per heavy atom. The van der Waals surface area contributed by atoms with Crippen molar-refractivity contribution in [3.05, 3.63) is 12.2 Å². The van der Waals surface area contributed by atoms with Gasteiger partial charge in [0.1, 0.15) is 0 Å². The molecule has 0 fully saturated rings. The highest BCUT2D eigenvalue weighted by Crippen LogP contribution is 2.00. The Balaban J connectivity index is 2.62. The Bertz CT molecular complexity index is 115. The van der Waals surface area contributed by atoms with E-state index in [-0.39, 0.29) is 6.04 Å². The number of rotatable bonds is 0. The highest BCUT2D eigenvalue weighted by atomic mass is 14.8. The van der Waals surface area contributed by atoms with Crippen LogP contribution in [0.5, 0.6) is 0 Å². The quantitative estimate of drug-likeness (QED) is 0.422. The molecule has 0 amide bonds. The fourth-order valence-corrected chi connectivity index (χ4v) is 0.494. The summed E-state index contributed by atoms with van der Waals surface area (Å²) in [5.41, 5.74) is 6.44. The molecule has 1 heterocycles. The average Bonchev–Trinajstić information content (AvgIpc) is 1.91. The number of nitrogens with two attached hydrogens (primary N) is 1. The number of nitrogens with zero attached hydrogens (tertiary/aromatic N) is 1. The van der Waals surface area contributed by atoms with E-state index in [1.54, 1.807) is 6.21 Å². The topological polar surface area (TPSA) is 38.4 Å². The third-order valence-electron chi connectivity index (χ3n) is 1.03. The molecular weight excluding hydrogens is 88.1 g/mol. The summed E-state index contributed by atoms with van der Waals surface area (Å²) in [5, 5.41) is 0. The molecule has 1 rings (SSSR count). The van der Waals surface area contributed by atoms with Gasteiger partial charge < -0.3 is 5.73 Å². The van der Waals surface area contributed by atoms with Gasteiger partial charge in [-0.2, -0.15) is 0 Å². The lowest BCUT2D eigenvalue weighted by molar-refractivity contribution is 1.03. The van der Waals surface area contributed by atoms with Crippen molar-refractivity contribution in [1.29, 1.82) is 0 Å². The summed E-state index contributed by atoms with van der Waals surface area (Å²) in [4.78, 5) is 3.90. The van der Waals surface area contributed by atoms with E-state index < -0.39 is 0 Å². The maximum atomic E-state index is 5.43. The molecule has 0 aromatic heterocycles. The first-order valence-corrected chi connectivity index (χ1v) is 2.24. The van der Waals surface area contributed by atoms with Crippen LogP contribution < -0.4 is 5.73 Å². The molecule has 0 aliphatic carbocycles. The van der Waals surface area contributed by atoms with Gasteiger partial charge in [-0.3, -0.25) is 4.99 Å². The molecule has 0 saturated heterocycles. The third-order valence-corrected chi connectivity index (χ3v) is 1.03. The SMILES string of the molecule is C=C1CN=CC1N. The van der Waals surface area contributed by atoms with Crippen LogP contribution in [0.3, 0.4) is 0 Å². The van der Waals surface area contributed by atoms with Crippen molar-refractivity contribution in [2.75, 3.05) is 6.54 Å². The molecule has 0 spiro atoms. The molecule has 2 N–H and O–H groups in total. The first kappa shape index (κ1) is 4.53. The van der Waals surface area contributed by atoms with Gasteiger partial charge >= 0.3 is 0 Å². The van der Waals surface area contributed by atoms with E-state index in [4.69, 9.17) is 5.73 Å². The highest BCUT2D eigenvalue weighted by Gasteiger charge is 2.06. The Kier molecular flexibility index (Phi) is 0.947. The summed E-state index contributed by atoms with van der Waals surface area (Å²) >= 11 is 0. The number of aliphatic imine (C=N–C) groups is 1. The lowest BCUT2D eigenvalue weighted by Gasteiger charge is -1.94. The summed E-state index contributed by atoms with van der Waals surface area (Å²) < 4.78 is 0. The Labute approximate surface area is 42.7 Å². The highest BCUT2D eigenvalue weighted by molar-refractivity contribution is 5.72. The monoisotopic (exact) mass is 96.1 g/mol. The zero-order chi connectivity index (χ0) is 5.28. The maximum absolute atomic E-state index is 5.43. The van der Waals surface area contributed by atoms with E-state index in [9.17, 15) is 0 Å². The van der Waals surface area contributed by atoms with Crippen molar-refractivity contribution in [2.24, 2.45) is 10.7 Å². The lowest BCUT2D eigenvalue weighted by atomic mass is 10.2. The second kappa shape index (κ2) is 1.46. The van der Waals surface area contributed by atoms with E-state index in [1.165, 1.54) is 0 Å². The van der Waals surface area contributed by atoms with Gasteiger partial charge in [0, 0.05) is 6.21 Å². The molecule has 0 bridgehead atoms. The summed E-state index contributed by atoms with van der Waals surface area (Å²) in [7, 11) is 0. The van der Waals surface area contributed by atoms with E-state index in [0.29, 0.717) is 0 Å². The van der Waals surface area contributed by atoms with Gasteiger partial charge in [-0.25, -0.2) is 0 Å². The summed E-state index contributed by atoms with van der Waals surface area (Å²) in [5.74, 6) is 0. The Morgan fingerprint density at radius 2 is 2.71 bits per heavy atom. The molecule has 1 aliphatic heterocycles. The van der Waals surface area contributed by atoms with Gasteiger partial charge in [-0.15, -0.1) is 0 Å². The largest absolute Gasteiger partial charge is 0.320 e. The predicted molar refractivity (Wildman–Crippen MR) is 30.5 cm³/mol. The Morgan fingerprint density at radius 1 is 2.00 bits per heavy atom. The maximum Gasteiger partial charge on any atom is 0.0626 e. The van der Waals surface area contributed by atoms with Crippen LogP contribution in [-0.2, 0) is 0 Å². The van der Waals surface area contributed by atoms with Gasteiger partial charge in [-0.1, -0.05) is 6.58 Å². The van der Waals surface area contributed by atoms with Crippen molar-refractivity contribution in [3.8, 4) is 0 Å². The standard InChI is InChI=1S/C5H8N2/c1-4-2-7-3-5(4)6/h3,5H,1-2,6H2. The van der Waals surface area contributed by atoms with Crippen LogP contribution in [0, 0.1) is 0 Å². The third kappa shape index (κ3) is 0.695. The lowest BCUT2D eigenvalue weighted by Crippen LogP contribution is -2.19. The number of hydrogen-bond acceptors (Lipinski definition) is 2. The normalized spacial score (nSPS) is 29.3. The molecule has 1 unspecified atom stereocenters. The predicted octanol–water partition coefficient (Wildman–Crippen LogP) is -0.0457. The summed E-state index contributed by atoms with van der Waals surface area (Å²) in [6, 6.07) is 0.0278. The zero-order valence-electron chi connectivity index (χ0n) is 4.09. The fourth-order valence-electron chi connectivity index (χ4n) is 0.494. The molecule has 38 valence electrons. The van der Waals surface area contributed by atoms with Crippen LogP contribution in [0.4, 0.5) is 0 Å². The van der Waals surface area contributed by atoms with Gasteiger partial charge in [0.25, 0.3) is 0 Å². The minimum Gasteiger partial charge on any atom is -0.320 e. The van der Waals surface area contributed by atoms with E-state index in [2.05, 4.69) is 11.6 Å². The van der Waals surface area contributed by atoms with Crippen LogP contribution in [0.25, 0.3) is 0 Å². The summed E-state index contributed by atoms with van der Waals surface area (Å²) in [6.45, 7) is 4.41. The fraction of sp³-hybridized carbons (Fsp3) is 0.400. The van der Waals surface area contributed by atoms with E-state index in [0.717, 1.165) is 12.1 Å². The van der Waals surface area contributed by atoms with Crippen molar-refractivity contribution < 1.29 is 0 Å². The van der Waals surface area contributed by atoms with E-state index in [1.807, 2.05) is 0 Å². The smallest absolute Gasteiger partial charge is 0.0626 e. The molecule has 0 radical (unpaired) electrons. The van der Waals surface area contributed by atoms with Gasteiger partial charge in [0.15, 0.2) is 0 Å².